The maximum absolute atomic E-state index is 12.7. The lowest BCUT2D eigenvalue weighted by Crippen LogP contribution is -2.31. The molecule has 1 N–H and O–H groups in total. The van der Waals surface area contributed by atoms with E-state index in [0.717, 1.165) is 5.56 Å². The number of likely N-dealkylation sites (N-methyl/N-ethyl adjacent to an activating group) is 1. The van der Waals surface area contributed by atoms with E-state index in [1.807, 2.05) is 30.3 Å². The molecule has 168 valence electrons. The molecular weight excluding hydrogens is 428 g/mol. The normalized spacial score (nSPS) is 12.1. The van der Waals surface area contributed by atoms with Gasteiger partial charge >= 0.3 is 0 Å². The molecule has 0 aliphatic heterocycles. The van der Waals surface area contributed by atoms with Gasteiger partial charge in [0.15, 0.2) is 6.61 Å². The fraction of sp³-hybridized carbons (Fsp3) is 0.208. The van der Waals surface area contributed by atoms with Crippen LogP contribution in [0.15, 0.2) is 83.8 Å². The molecule has 0 heterocycles. The summed E-state index contributed by atoms with van der Waals surface area (Å²) in [4.78, 5) is 14.0. The first-order valence-corrected chi connectivity index (χ1v) is 11.5. The summed E-state index contributed by atoms with van der Waals surface area (Å²) in [6, 6.07) is 22.0. The molecular formula is C24H26N2O5S. The van der Waals surface area contributed by atoms with Crippen LogP contribution in [0.25, 0.3) is 0 Å². The number of anilines is 1. The van der Waals surface area contributed by atoms with Gasteiger partial charge in [0.25, 0.3) is 5.91 Å². The SMILES string of the molecule is COc1cccc(N(C)C(=O)COc2ccc(S(=O)(=O)N[C@H](C)c3ccccc3)cc2)c1. The van der Waals surface area contributed by atoms with E-state index in [1.165, 1.54) is 29.2 Å². The number of amides is 1. The Morgan fingerprint density at radius 3 is 2.31 bits per heavy atom. The summed E-state index contributed by atoms with van der Waals surface area (Å²) >= 11 is 0. The van der Waals surface area contributed by atoms with Gasteiger partial charge in [0, 0.05) is 24.8 Å². The van der Waals surface area contributed by atoms with Gasteiger partial charge in [-0.2, -0.15) is 0 Å². The van der Waals surface area contributed by atoms with E-state index < -0.39 is 10.0 Å². The van der Waals surface area contributed by atoms with E-state index in [1.54, 1.807) is 45.3 Å². The van der Waals surface area contributed by atoms with Crippen molar-refractivity contribution in [1.82, 2.24) is 4.72 Å². The first kappa shape index (κ1) is 23.3. The van der Waals surface area contributed by atoms with Crippen LogP contribution in [0.3, 0.4) is 0 Å². The number of carbonyl (C=O) groups excluding carboxylic acids is 1. The van der Waals surface area contributed by atoms with Gasteiger partial charge in [0.05, 0.1) is 12.0 Å². The van der Waals surface area contributed by atoms with Crippen molar-refractivity contribution < 1.29 is 22.7 Å². The number of methoxy groups -OCH3 is 1. The second-order valence-corrected chi connectivity index (χ2v) is 8.88. The Morgan fingerprint density at radius 2 is 1.66 bits per heavy atom. The Morgan fingerprint density at radius 1 is 0.969 bits per heavy atom. The van der Waals surface area contributed by atoms with Crippen LogP contribution in [-0.4, -0.2) is 35.1 Å². The first-order chi connectivity index (χ1) is 15.3. The second kappa shape index (κ2) is 10.3. The van der Waals surface area contributed by atoms with Crippen molar-refractivity contribution in [2.45, 2.75) is 17.9 Å². The van der Waals surface area contributed by atoms with Crippen LogP contribution >= 0.6 is 0 Å². The Balaban J connectivity index is 1.59. The number of carbonyl (C=O) groups is 1. The largest absolute Gasteiger partial charge is 0.497 e. The van der Waals surface area contributed by atoms with Gasteiger partial charge in [-0.05, 0) is 48.9 Å². The Hall–Kier alpha value is -3.36. The maximum atomic E-state index is 12.7. The summed E-state index contributed by atoms with van der Waals surface area (Å²) < 4.78 is 38.7. The summed E-state index contributed by atoms with van der Waals surface area (Å²) in [6.07, 6.45) is 0. The van der Waals surface area contributed by atoms with E-state index in [9.17, 15) is 13.2 Å². The Bertz CT molecular complexity index is 1150. The van der Waals surface area contributed by atoms with Crippen molar-refractivity contribution in [1.29, 1.82) is 0 Å². The standard InChI is InChI=1S/C24H26N2O5S/c1-18(19-8-5-4-6-9-19)25-32(28,29)23-14-12-21(13-15-23)31-17-24(27)26(2)20-10-7-11-22(16-20)30-3/h4-16,18,25H,17H2,1-3H3/t18-/m1/s1. The van der Waals surface area contributed by atoms with E-state index in [2.05, 4.69) is 4.72 Å². The molecule has 0 aliphatic rings. The first-order valence-electron chi connectivity index (χ1n) is 10.0. The molecule has 0 spiro atoms. The molecule has 0 saturated carbocycles. The molecule has 0 aliphatic carbocycles. The molecule has 32 heavy (non-hydrogen) atoms. The maximum Gasteiger partial charge on any atom is 0.264 e. The average molecular weight is 455 g/mol. The molecule has 0 radical (unpaired) electrons. The highest BCUT2D eigenvalue weighted by molar-refractivity contribution is 7.89. The number of hydrogen-bond acceptors (Lipinski definition) is 5. The Kier molecular flexibility index (Phi) is 7.50. The van der Waals surface area contributed by atoms with Crippen LogP contribution in [-0.2, 0) is 14.8 Å². The number of ether oxygens (including phenoxy) is 2. The van der Waals surface area contributed by atoms with E-state index in [-0.39, 0.29) is 23.5 Å². The third kappa shape index (κ3) is 5.87. The van der Waals surface area contributed by atoms with Gasteiger partial charge in [-0.25, -0.2) is 13.1 Å². The van der Waals surface area contributed by atoms with Gasteiger partial charge in [0.2, 0.25) is 10.0 Å². The minimum Gasteiger partial charge on any atom is -0.497 e. The fourth-order valence-corrected chi connectivity index (χ4v) is 4.26. The van der Waals surface area contributed by atoms with Gasteiger partial charge in [-0.3, -0.25) is 4.79 Å². The monoisotopic (exact) mass is 454 g/mol. The number of benzene rings is 3. The highest BCUT2D eigenvalue weighted by atomic mass is 32.2. The lowest BCUT2D eigenvalue weighted by molar-refractivity contribution is -0.120. The molecule has 3 rings (SSSR count). The predicted octanol–water partition coefficient (Wildman–Crippen LogP) is 3.78. The van der Waals surface area contributed by atoms with Crippen molar-refractivity contribution in [2.75, 3.05) is 25.7 Å². The summed E-state index contributed by atoms with van der Waals surface area (Å²) in [7, 11) is -0.495. The number of hydrogen-bond donors (Lipinski definition) is 1. The third-order valence-electron chi connectivity index (χ3n) is 4.94. The highest BCUT2D eigenvalue weighted by Gasteiger charge is 2.19. The van der Waals surface area contributed by atoms with Crippen LogP contribution in [0.1, 0.15) is 18.5 Å². The lowest BCUT2D eigenvalue weighted by atomic mass is 10.1. The zero-order chi connectivity index (χ0) is 23.1. The second-order valence-electron chi connectivity index (χ2n) is 7.17. The molecule has 8 heteroatoms. The van der Waals surface area contributed by atoms with Gasteiger partial charge < -0.3 is 14.4 Å². The van der Waals surface area contributed by atoms with Crippen LogP contribution in [0.2, 0.25) is 0 Å². The zero-order valence-electron chi connectivity index (χ0n) is 18.2. The Labute approximate surface area is 188 Å². The molecule has 0 bridgehead atoms. The molecule has 0 aromatic heterocycles. The van der Waals surface area contributed by atoms with Crippen LogP contribution in [0.5, 0.6) is 11.5 Å². The molecule has 7 nitrogen and oxygen atoms in total. The van der Waals surface area contributed by atoms with Gasteiger partial charge in [-0.1, -0.05) is 36.4 Å². The average Bonchev–Trinajstić information content (AvgIpc) is 2.82. The number of nitrogens with zero attached hydrogens (tertiary/aromatic N) is 1. The smallest absolute Gasteiger partial charge is 0.264 e. The van der Waals surface area contributed by atoms with Crippen molar-refractivity contribution >= 4 is 21.6 Å². The number of rotatable bonds is 9. The van der Waals surface area contributed by atoms with Crippen LogP contribution in [0, 0.1) is 0 Å². The quantitative estimate of drug-likeness (QED) is 0.532. The molecule has 3 aromatic rings. The van der Waals surface area contributed by atoms with Gasteiger partial charge in [0.1, 0.15) is 11.5 Å². The van der Waals surface area contributed by atoms with Crippen LogP contribution < -0.4 is 19.1 Å². The highest BCUT2D eigenvalue weighted by Crippen LogP contribution is 2.21. The van der Waals surface area contributed by atoms with E-state index >= 15 is 0 Å². The number of sulfonamides is 1. The van der Waals surface area contributed by atoms with E-state index in [4.69, 9.17) is 9.47 Å². The summed E-state index contributed by atoms with van der Waals surface area (Å²) in [5.41, 5.74) is 1.55. The van der Waals surface area contributed by atoms with Crippen molar-refractivity contribution in [3.63, 3.8) is 0 Å². The molecule has 3 aromatic carbocycles. The molecule has 0 unspecified atom stereocenters. The van der Waals surface area contributed by atoms with Crippen LogP contribution in [0.4, 0.5) is 5.69 Å². The predicted molar refractivity (Wildman–Crippen MR) is 124 cm³/mol. The third-order valence-corrected chi connectivity index (χ3v) is 6.50. The van der Waals surface area contributed by atoms with Crippen molar-refractivity contribution in [2.24, 2.45) is 0 Å². The molecule has 0 saturated heterocycles. The minimum atomic E-state index is -3.70. The topological polar surface area (TPSA) is 84.9 Å². The molecule has 1 atom stereocenters. The van der Waals surface area contributed by atoms with Gasteiger partial charge in [-0.15, -0.1) is 0 Å². The van der Waals surface area contributed by atoms with E-state index in [0.29, 0.717) is 17.2 Å². The zero-order valence-corrected chi connectivity index (χ0v) is 19.0. The lowest BCUT2D eigenvalue weighted by Gasteiger charge is -2.18. The minimum absolute atomic E-state index is 0.118. The van der Waals surface area contributed by atoms with Crippen molar-refractivity contribution in [3.8, 4) is 11.5 Å². The fourth-order valence-electron chi connectivity index (χ4n) is 3.03. The summed E-state index contributed by atoms with van der Waals surface area (Å²) in [5.74, 6) is 0.788. The summed E-state index contributed by atoms with van der Waals surface area (Å²) in [6.45, 7) is 1.60. The summed E-state index contributed by atoms with van der Waals surface area (Å²) in [5, 5.41) is 0. The molecule has 0 fully saturated rings. The van der Waals surface area contributed by atoms with Crippen molar-refractivity contribution in [3.05, 3.63) is 84.4 Å². The number of nitrogens with one attached hydrogen (secondary N) is 1. The molecule has 1 amide bonds.